The zero-order valence-corrected chi connectivity index (χ0v) is 10.8. The van der Waals surface area contributed by atoms with Crippen LogP contribution in [0.4, 0.5) is 17.5 Å². The molecule has 5 heteroatoms. The van der Waals surface area contributed by atoms with Crippen molar-refractivity contribution in [2.45, 2.75) is 19.3 Å². The van der Waals surface area contributed by atoms with E-state index in [4.69, 9.17) is 0 Å². The van der Waals surface area contributed by atoms with Gasteiger partial charge in [-0.05, 0) is 31.4 Å². The molecular weight excluding hydrogens is 238 g/mol. The van der Waals surface area contributed by atoms with E-state index in [-0.39, 0.29) is 0 Å². The Kier molecular flexibility index (Phi) is 3.54. The molecule has 98 valence electrons. The van der Waals surface area contributed by atoms with Crippen molar-refractivity contribution in [3.8, 4) is 0 Å². The lowest BCUT2D eigenvalue weighted by Gasteiger charge is -2.27. The van der Waals surface area contributed by atoms with Crippen molar-refractivity contribution in [3.63, 3.8) is 0 Å². The normalized spacial score (nSPS) is 15.3. The Morgan fingerprint density at radius 2 is 1.79 bits per heavy atom. The van der Waals surface area contributed by atoms with Gasteiger partial charge in [-0.1, -0.05) is 18.2 Å². The van der Waals surface area contributed by atoms with E-state index in [9.17, 15) is 0 Å². The maximum Gasteiger partial charge on any atom is 0.249 e. The number of anilines is 3. The van der Waals surface area contributed by atoms with Crippen molar-refractivity contribution in [1.29, 1.82) is 0 Å². The van der Waals surface area contributed by atoms with Crippen molar-refractivity contribution < 1.29 is 0 Å². The van der Waals surface area contributed by atoms with Gasteiger partial charge in [0.1, 0.15) is 0 Å². The molecule has 0 atom stereocenters. The van der Waals surface area contributed by atoms with Crippen molar-refractivity contribution in [1.82, 2.24) is 15.2 Å². The first-order valence-corrected chi connectivity index (χ1v) is 6.68. The monoisotopic (exact) mass is 255 g/mol. The number of hydrogen-bond donors (Lipinski definition) is 1. The summed E-state index contributed by atoms with van der Waals surface area (Å²) < 4.78 is 0. The van der Waals surface area contributed by atoms with Gasteiger partial charge in [-0.2, -0.15) is 10.1 Å². The average Bonchev–Trinajstić information content (AvgIpc) is 2.49. The molecule has 1 aliphatic heterocycles. The molecule has 1 saturated heterocycles. The Morgan fingerprint density at radius 3 is 2.58 bits per heavy atom. The number of nitrogens with zero attached hydrogens (tertiary/aromatic N) is 4. The summed E-state index contributed by atoms with van der Waals surface area (Å²) in [6.07, 6.45) is 5.50. The number of benzene rings is 1. The quantitative estimate of drug-likeness (QED) is 0.913. The Labute approximate surface area is 112 Å². The number of piperidine rings is 1. The Hall–Kier alpha value is -2.17. The van der Waals surface area contributed by atoms with Crippen LogP contribution in [0.1, 0.15) is 19.3 Å². The van der Waals surface area contributed by atoms with Crippen LogP contribution >= 0.6 is 0 Å². The predicted octanol–water partition coefficient (Wildman–Crippen LogP) is 2.61. The molecule has 0 aliphatic carbocycles. The standard InChI is InChI=1S/C14H17N5/c1-3-7-12(8-4-1)16-14-17-13(11-15-18-14)19-9-5-2-6-10-19/h1,3-4,7-8,11H,2,5-6,9-10H2,(H,16,17,18). The van der Waals surface area contributed by atoms with E-state index in [1.54, 1.807) is 6.20 Å². The van der Waals surface area contributed by atoms with Crippen LogP contribution in [0, 0.1) is 0 Å². The van der Waals surface area contributed by atoms with Crippen LogP contribution in [-0.4, -0.2) is 28.3 Å². The summed E-state index contributed by atoms with van der Waals surface area (Å²) in [7, 11) is 0. The lowest BCUT2D eigenvalue weighted by Crippen LogP contribution is -2.30. The highest BCUT2D eigenvalue weighted by Crippen LogP contribution is 2.18. The number of para-hydroxylation sites is 1. The van der Waals surface area contributed by atoms with Gasteiger partial charge in [0, 0.05) is 18.8 Å². The molecule has 1 N–H and O–H groups in total. The highest BCUT2D eigenvalue weighted by Gasteiger charge is 2.13. The molecule has 0 unspecified atom stereocenters. The summed E-state index contributed by atoms with van der Waals surface area (Å²) >= 11 is 0. The van der Waals surface area contributed by atoms with Crippen molar-refractivity contribution in [2.75, 3.05) is 23.3 Å². The first-order chi connectivity index (χ1) is 9.42. The molecular formula is C14H17N5. The topological polar surface area (TPSA) is 53.9 Å². The van der Waals surface area contributed by atoms with Crippen molar-refractivity contribution >= 4 is 17.5 Å². The zero-order chi connectivity index (χ0) is 12.9. The molecule has 0 bridgehead atoms. The second-order valence-electron chi connectivity index (χ2n) is 4.68. The largest absolute Gasteiger partial charge is 0.355 e. The molecule has 0 radical (unpaired) electrons. The van der Waals surface area contributed by atoms with E-state index < -0.39 is 0 Å². The summed E-state index contributed by atoms with van der Waals surface area (Å²) in [5.41, 5.74) is 0.972. The fraction of sp³-hybridized carbons (Fsp3) is 0.357. The van der Waals surface area contributed by atoms with Gasteiger partial charge in [0.2, 0.25) is 5.95 Å². The summed E-state index contributed by atoms with van der Waals surface area (Å²) in [5.74, 6) is 1.46. The first kappa shape index (κ1) is 11.9. The number of nitrogens with one attached hydrogen (secondary N) is 1. The molecule has 1 aliphatic rings. The maximum atomic E-state index is 4.53. The molecule has 2 heterocycles. The number of aromatic nitrogens is 3. The Bertz CT molecular complexity index is 522. The van der Waals surface area contributed by atoms with E-state index in [0.29, 0.717) is 5.95 Å². The van der Waals surface area contributed by atoms with E-state index in [1.165, 1.54) is 19.3 Å². The van der Waals surface area contributed by atoms with Crippen LogP contribution in [-0.2, 0) is 0 Å². The van der Waals surface area contributed by atoms with Crippen molar-refractivity contribution in [3.05, 3.63) is 36.5 Å². The minimum Gasteiger partial charge on any atom is -0.355 e. The van der Waals surface area contributed by atoms with Crippen LogP contribution in [0.15, 0.2) is 36.5 Å². The first-order valence-electron chi connectivity index (χ1n) is 6.68. The number of rotatable bonds is 3. The van der Waals surface area contributed by atoms with E-state index >= 15 is 0 Å². The minimum absolute atomic E-state index is 0.550. The van der Waals surface area contributed by atoms with Gasteiger partial charge in [0.15, 0.2) is 5.82 Å². The van der Waals surface area contributed by atoms with Crippen LogP contribution in [0.2, 0.25) is 0 Å². The Morgan fingerprint density at radius 1 is 1.00 bits per heavy atom. The predicted molar refractivity (Wildman–Crippen MR) is 75.6 cm³/mol. The molecule has 3 rings (SSSR count). The van der Waals surface area contributed by atoms with Crippen LogP contribution in [0.25, 0.3) is 0 Å². The summed E-state index contributed by atoms with van der Waals surface area (Å²) in [6.45, 7) is 2.12. The summed E-state index contributed by atoms with van der Waals surface area (Å²) in [6, 6.07) is 9.90. The van der Waals surface area contributed by atoms with Crippen LogP contribution in [0.3, 0.4) is 0 Å². The fourth-order valence-electron chi connectivity index (χ4n) is 2.27. The lowest BCUT2D eigenvalue weighted by atomic mass is 10.1. The van der Waals surface area contributed by atoms with E-state index in [2.05, 4.69) is 25.4 Å². The van der Waals surface area contributed by atoms with Crippen LogP contribution in [0.5, 0.6) is 0 Å². The second kappa shape index (κ2) is 5.65. The van der Waals surface area contributed by atoms with Gasteiger partial charge in [-0.15, -0.1) is 5.10 Å². The van der Waals surface area contributed by atoms with Gasteiger partial charge in [0.25, 0.3) is 0 Å². The second-order valence-corrected chi connectivity index (χ2v) is 4.68. The summed E-state index contributed by atoms with van der Waals surface area (Å²) in [5, 5.41) is 11.2. The zero-order valence-electron chi connectivity index (χ0n) is 10.8. The summed E-state index contributed by atoms with van der Waals surface area (Å²) in [4.78, 5) is 6.81. The lowest BCUT2D eigenvalue weighted by molar-refractivity contribution is 0.572. The molecule has 5 nitrogen and oxygen atoms in total. The number of hydrogen-bond acceptors (Lipinski definition) is 5. The van der Waals surface area contributed by atoms with Crippen molar-refractivity contribution in [2.24, 2.45) is 0 Å². The van der Waals surface area contributed by atoms with Crippen LogP contribution < -0.4 is 10.2 Å². The van der Waals surface area contributed by atoms with E-state index in [1.807, 2.05) is 30.3 Å². The fourth-order valence-corrected chi connectivity index (χ4v) is 2.27. The van der Waals surface area contributed by atoms with Gasteiger partial charge in [0.05, 0.1) is 6.20 Å². The SMILES string of the molecule is c1ccc(Nc2nncc(N3CCCCC3)n2)cc1. The molecule has 2 aromatic rings. The van der Waals surface area contributed by atoms with Gasteiger partial charge in [-0.25, -0.2) is 0 Å². The maximum absolute atomic E-state index is 4.53. The molecule has 0 spiro atoms. The molecule has 0 saturated carbocycles. The molecule has 0 amide bonds. The third-order valence-corrected chi connectivity index (χ3v) is 3.26. The van der Waals surface area contributed by atoms with Gasteiger partial charge < -0.3 is 10.2 Å². The molecule has 1 aromatic heterocycles. The smallest absolute Gasteiger partial charge is 0.249 e. The third kappa shape index (κ3) is 2.99. The molecule has 19 heavy (non-hydrogen) atoms. The van der Waals surface area contributed by atoms with E-state index in [0.717, 1.165) is 24.6 Å². The highest BCUT2D eigenvalue weighted by atomic mass is 15.3. The minimum atomic E-state index is 0.550. The Balaban J connectivity index is 1.76. The third-order valence-electron chi connectivity index (χ3n) is 3.26. The van der Waals surface area contributed by atoms with Gasteiger partial charge >= 0.3 is 0 Å². The van der Waals surface area contributed by atoms with Gasteiger partial charge in [-0.3, -0.25) is 0 Å². The molecule has 1 fully saturated rings. The highest BCUT2D eigenvalue weighted by molar-refractivity contribution is 5.53. The average molecular weight is 255 g/mol. The molecule has 1 aromatic carbocycles.